The summed E-state index contributed by atoms with van der Waals surface area (Å²) in [4.78, 5) is 16.6. The van der Waals surface area contributed by atoms with Crippen LogP contribution in [0.4, 0.5) is 10.1 Å². The standard InChI is InChI=1S/C22H28FN3O/c1-3-18-8-10-19(11-9-18)17(2)24-22(27)16-25-12-14-26(15-13-25)21-7-5-4-6-20(21)23/h4-11,17H,3,12-16H2,1-2H3,(H,24,27). The first kappa shape index (κ1) is 19.4. The molecular weight excluding hydrogens is 341 g/mol. The van der Waals surface area contributed by atoms with Gasteiger partial charge in [-0.25, -0.2) is 4.39 Å². The molecule has 1 N–H and O–H groups in total. The third kappa shape index (κ3) is 5.07. The number of nitrogens with zero attached hydrogens (tertiary/aromatic N) is 2. The lowest BCUT2D eigenvalue weighted by molar-refractivity contribution is -0.123. The average molecular weight is 369 g/mol. The molecule has 1 aliphatic rings. The molecule has 1 unspecified atom stereocenters. The Hall–Kier alpha value is -2.40. The predicted octanol–water partition coefficient (Wildman–Crippen LogP) is 3.39. The maximum absolute atomic E-state index is 13.9. The molecular formula is C22H28FN3O. The Morgan fingerprint density at radius 3 is 2.37 bits per heavy atom. The molecule has 0 radical (unpaired) electrons. The third-order valence-corrected chi connectivity index (χ3v) is 5.20. The van der Waals surface area contributed by atoms with Gasteiger partial charge >= 0.3 is 0 Å². The van der Waals surface area contributed by atoms with E-state index < -0.39 is 0 Å². The second-order valence-corrected chi connectivity index (χ2v) is 7.10. The molecule has 144 valence electrons. The average Bonchev–Trinajstić information content (AvgIpc) is 2.69. The minimum absolute atomic E-state index is 0.0110. The van der Waals surface area contributed by atoms with Crippen LogP contribution in [0.2, 0.25) is 0 Å². The van der Waals surface area contributed by atoms with Crippen molar-refractivity contribution in [3.05, 3.63) is 65.5 Å². The first-order valence-electron chi connectivity index (χ1n) is 9.67. The van der Waals surface area contributed by atoms with Gasteiger partial charge in [-0.2, -0.15) is 0 Å². The summed E-state index contributed by atoms with van der Waals surface area (Å²) in [7, 11) is 0. The lowest BCUT2D eigenvalue weighted by Crippen LogP contribution is -2.49. The normalized spacial score (nSPS) is 16.2. The zero-order valence-electron chi connectivity index (χ0n) is 16.1. The smallest absolute Gasteiger partial charge is 0.234 e. The number of nitrogens with one attached hydrogen (secondary N) is 1. The molecule has 1 aliphatic heterocycles. The van der Waals surface area contributed by atoms with Crippen LogP contribution in [0.25, 0.3) is 0 Å². The van der Waals surface area contributed by atoms with Gasteiger partial charge in [0.1, 0.15) is 5.82 Å². The van der Waals surface area contributed by atoms with Crippen LogP contribution in [-0.2, 0) is 11.2 Å². The molecule has 0 aliphatic carbocycles. The molecule has 1 atom stereocenters. The van der Waals surface area contributed by atoms with Crippen molar-refractivity contribution in [3.8, 4) is 0 Å². The van der Waals surface area contributed by atoms with Crippen molar-refractivity contribution in [2.75, 3.05) is 37.6 Å². The van der Waals surface area contributed by atoms with Crippen molar-refractivity contribution >= 4 is 11.6 Å². The Balaban J connectivity index is 1.47. The molecule has 0 bridgehead atoms. The molecule has 0 saturated carbocycles. The van der Waals surface area contributed by atoms with E-state index >= 15 is 0 Å². The molecule has 5 heteroatoms. The van der Waals surface area contributed by atoms with Gasteiger partial charge in [-0.05, 0) is 36.6 Å². The van der Waals surface area contributed by atoms with E-state index in [1.807, 2.05) is 24.0 Å². The molecule has 27 heavy (non-hydrogen) atoms. The lowest BCUT2D eigenvalue weighted by atomic mass is 10.1. The molecule has 0 aromatic heterocycles. The fraction of sp³-hybridized carbons (Fsp3) is 0.409. The zero-order valence-corrected chi connectivity index (χ0v) is 16.1. The van der Waals surface area contributed by atoms with E-state index in [-0.39, 0.29) is 17.8 Å². The van der Waals surface area contributed by atoms with Gasteiger partial charge < -0.3 is 10.2 Å². The van der Waals surface area contributed by atoms with Crippen molar-refractivity contribution in [2.45, 2.75) is 26.3 Å². The molecule has 3 rings (SSSR count). The molecule has 1 heterocycles. The number of anilines is 1. The highest BCUT2D eigenvalue weighted by Crippen LogP contribution is 2.20. The predicted molar refractivity (Wildman–Crippen MR) is 107 cm³/mol. The number of benzene rings is 2. The minimum Gasteiger partial charge on any atom is -0.367 e. The molecule has 1 saturated heterocycles. The summed E-state index contributed by atoms with van der Waals surface area (Å²) >= 11 is 0. The maximum atomic E-state index is 13.9. The van der Waals surface area contributed by atoms with Crippen LogP contribution >= 0.6 is 0 Å². The van der Waals surface area contributed by atoms with Crippen molar-refractivity contribution in [1.29, 1.82) is 0 Å². The van der Waals surface area contributed by atoms with Crippen LogP contribution < -0.4 is 10.2 Å². The quantitative estimate of drug-likeness (QED) is 0.848. The van der Waals surface area contributed by atoms with Gasteiger partial charge in [0.05, 0.1) is 18.3 Å². The van der Waals surface area contributed by atoms with Gasteiger partial charge in [-0.3, -0.25) is 9.69 Å². The Morgan fingerprint density at radius 1 is 1.07 bits per heavy atom. The van der Waals surface area contributed by atoms with Crippen LogP contribution in [0.5, 0.6) is 0 Å². The van der Waals surface area contributed by atoms with Gasteiger partial charge in [0.25, 0.3) is 0 Å². The summed E-state index contributed by atoms with van der Waals surface area (Å²) in [6, 6.07) is 15.2. The summed E-state index contributed by atoms with van der Waals surface area (Å²) in [6.45, 7) is 7.47. The van der Waals surface area contributed by atoms with E-state index in [1.165, 1.54) is 11.6 Å². The number of carbonyl (C=O) groups is 1. The van der Waals surface area contributed by atoms with Crippen molar-refractivity contribution in [2.24, 2.45) is 0 Å². The van der Waals surface area contributed by atoms with E-state index in [0.717, 1.165) is 38.2 Å². The monoisotopic (exact) mass is 369 g/mol. The Kier molecular flexibility index (Phi) is 6.45. The molecule has 1 amide bonds. The Labute approximate surface area is 161 Å². The topological polar surface area (TPSA) is 35.6 Å². The van der Waals surface area contributed by atoms with E-state index in [4.69, 9.17) is 0 Å². The summed E-state index contributed by atoms with van der Waals surface area (Å²) in [5.74, 6) is -0.159. The van der Waals surface area contributed by atoms with Crippen LogP contribution in [0.15, 0.2) is 48.5 Å². The van der Waals surface area contributed by atoms with Crippen molar-refractivity contribution in [3.63, 3.8) is 0 Å². The van der Waals surface area contributed by atoms with Crippen molar-refractivity contribution < 1.29 is 9.18 Å². The largest absolute Gasteiger partial charge is 0.367 e. The highest BCUT2D eigenvalue weighted by atomic mass is 19.1. The van der Waals surface area contributed by atoms with E-state index in [2.05, 4.69) is 41.4 Å². The number of carbonyl (C=O) groups excluding carboxylic acids is 1. The van der Waals surface area contributed by atoms with Gasteiger partial charge in [-0.15, -0.1) is 0 Å². The maximum Gasteiger partial charge on any atom is 0.234 e. The highest BCUT2D eigenvalue weighted by molar-refractivity contribution is 5.78. The Morgan fingerprint density at radius 2 is 1.74 bits per heavy atom. The SMILES string of the molecule is CCc1ccc(C(C)NC(=O)CN2CCN(c3ccccc3F)CC2)cc1. The fourth-order valence-corrected chi connectivity index (χ4v) is 3.47. The van der Waals surface area contributed by atoms with Crippen LogP contribution in [0.1, 0.15) is 31.0 Å². The van der Waals surface area contributed by atoms with Gasteiger partial charge in [-0.1, -0.05) is 43.3 Å². The fourth-order valence-electron chi connectivity index (χ4n) is 3.47. The zero-order chi connectivity index (χ0) is 19.2. The summed E-state index contributed by atoms with van der Waals surface area (Å²) < 4.78 is 13.9. The summed E-state index contributed by atoms with van der Waals surface area (Å²) in [6.07, 6.45) is 1.01. The number of hydrogen-bond donors (Lipinski definition) is 1. The molecule has 2 aromatic rings. The Bertz CT molecular complexity index is 754. The minimum atomic E-state index is -0.188. The van der Waals surface area contributed by atoms with E-state index in [1.54, 1.807) is 6.07 Å². The molecule has 1 fully saturated rings. The van der Waals surface area contributed by atoms with Gasteiger partial charge in [0, 0.05) is 26.2 Å². The van der Waals surface area contributed by atoms with Crippen molar-refractivity contribution in [1.82, 2.24) is 10.2 Å². The number of piperazine rings is 1. The number of hydrogen-bond acceptors (Lipinski definition) is 3. The van der Waals surface area contributed by atoms with Gasteiger partial charge in [0.2, 0.25) is 5.91 Å². The molecule has 2 aromatic carbocycles. The van der Waals surface area contributed by atoms with E-state index in [9.17, 15) is 9.18 Å². The number of rotatable bonds is 6. The molecule has 4 nitrogen and oxygen atoms in total. The van der Waals surface area contributed by atoms with Crippen LogP contribution in [0, 0.1) is 5.82 Å². The highest BCUT2D eigenvalue weighted by Gasteiger charge is 2.21. The number of aryl methyl sites for hydroxylation is 1. The number of amides is 1. The van der Waals surface area contributed by atoms with E-state index in [0.29, 0.717) is 12.2 Å². The molecule has 0 spiro atoms. The first-order chi connectivity index (χ1) is 13.1. The third-order valence-electron chi connectivity index (χ3n) is 5.20. The van der Waals surface area contributed by atoms with Crippen LogP contribution in [0.3, 0.4) is 0 Å². The number of para-hydroxylation sites is 1. The summed E-state index contributed by atoms with van der Waals surface area (Å²) in [5, 5.41) is 3.08. The second kappa shape index (κ2) is 9.00. The second-order valence-electron chi connectivity index (χ2n) is 7.10. The summed E-state index contributed by atoms with van der Waals surface area (Å²) in [5.41, 5.74) is 3.06. The van der Waals surface area contributed by atoms with Gasteiger partial charge in [0.15, 0.2) is 0 Å². The lowest BCUT2D eigenvalue weighted by Gasteiger charge is -2.36. The first-order valence-corrected chi connectivity index (χ1v) is 9.67. The number of halogens is 1. The van der Waals surface area contributed by atoms with Crippen LogP contribution in [-0.4, -0.2) is 43.5 Å².